The van der Waals surface area contributed by atoms with Crippen LogP contribution in [0.2, 0.25) is 0 Å². The summed E-state index contributed by atoms with van der Waals surface area (Å²) in [6.07, 6.45) is 10.3. The molecule has 4 aliphatic rings. The highest BCUT2D eigenvalue weighted by Crippen LogP contribution is 2.65. The van der Waals surface area contributed by atoms with Gasteiger partial charge in [0, 0.05) is 12.8 Å². The first-order valence-electron chi connectivity index (χ1n) is 9.71. The Morgan fingerprint density at radius 2 is 2.00 bits per heavy atom. The number of hydrogen-bond acceptors (Lipinski definition) is 4. The minimum absolute atomic E-state index is 0.0115. The van der Waals surface area contributed by atoms with Crippen molar-refractivity contribution in [2.75, 3.05) is 0 Å². The van der Waals surface area contributed by atoms with Gasteiger partial charge in [0.2, 0.25) is 0 Å². The minimum Gasteiger partial charge on any atom is -0.508 e. The summed E-state index contributed by atoms with van der Waals surface area (Å²) < 4.78 is 5.82. The van der Waals surface area contributed by atoms with Crippen LogP contribution in [0.3, 0.4) is 0 Å². The predicted octanol–water partition coefficient (Wildman–Crippen LogP) is 3.76. The van der Waals surface area contributed by atoms with E-state index in [1.54, 1.807) is 0 Å². The number of carbonyl (C=O) groups excluding carboxylic acids is 1. The number of aliphatic hydroxyl groups excluding tert-OH is 2. The van der Waals surface area contributed by atoms with Gasteiger partial charge in [-0.1, -0.05) is 19.9 Å². The van der Waals surface area contributed by atoms with Gasteiger partial charge in [-0.2, -0.15) is 0 Å². The van der Waals surface area contributed by atoms with Crippen molar-refractivity contribution in [1.29, 1.82) is 0 Å². The third kappa shape index (κ3) is 2.40. The van der Waals surface area contributed by atoms with Gasteiger partial charge in [0.1, 0.15) is 11.9 Å². The summed E-state index contributed by atoms with van der Waals surface area (Å²) in [6, 6.07) is 0. The third-order valence-electron chi connectivity index (χ3n) is 8.10. The zero-order valence-corrected chi connectivity index (χ0v) is 15.4. The zero-order valence-electron chi connectivity index (χ0n) is 15.4. The van der Waals surface area contributed by atoms with Crippen molar-refractivity contribution in [2.45, 2.75) is 65.1 Å². The summed E-state index contributed by atoms with van der Waals surface area (Å²) in [5.41, 5.74) is -0.0679. The van der Waals surface area contributed by atoms with Crippen molar-refractivity contribution in [3.8, 4) is 0 Å². The molecule has 4 rings (SSSR count). The maximum Gasteiger partial charge on any atom is 0.302 e. The molecule has 2 N–H and O–H groups in total. The van der Waals surface area contributed by atoms with E-state index >= 15 is 0 Å². The van der Waals surface area contributed by atoms with Crippen molar-refractivity contribution in [3.05, 3.63) is 24.0 Å². The molecule has 4 aliphatic carbocycles. The van der Waals surface area contributed by atoms with Crippen LogP contribution >= 0.6 is 0 Å². The van der Waals surface area contributed by atoms with Crippen molar-refractivity contribution in [1.82, 2.24) is 0 Å². The average Bonchev–Trinajstić information content (AvgIpc) is 2.84. The summed E-state index contributed by atoms with van der Waals surface area (Å²) in [4.78, 5) is 11.8. The Morgan fingerprint density at radius 3 is 2.72 bits per heavy atom. The Hall–Kier alpha value is -1.29. The molecule has 0 bridgehead atoms. The molecule has 3 saturated carbocycles. The summed E-state index contributed by atoms with van der Waals surface area (Å²) >= 11 is 0. The molecule has 138 valence electrons. The first-order valence-corrected chi connectivity index (χ1v) is 9.71. The average molecular weight is 346 g/mol. The van der Waals surface area contributed by atoms with Gasteiger partial charge in [-0.05, 0) is 72.8 Å². The smallest absolute Gasteiger partial charge is 0.302 e. The first-order chi connectivity index (χ1) is 11.8. The lowest BCUT2D eigenvalue weighted by Gasteiger charge is -2.59. The van der Waals surface area contributed by atoms with Crippen LogP contribution in [0.15, 0.2) is 24.0 Å². The summed E-state index contributed by atoms with van der Waals surface area (Å²) in [5.74, 6) is 1.39. The van der Waals surface area contributed by atoms with Gasteiger partial charge >= 0.3 is 5.97 Å². The SMILES string of the molecule is CC(=O)O[C@H]1CC2C=C(O)C=C[C@]2(C)[C@H]2CC[C@]3(C)[C@@H](O)CC[C@H]3[C@H]12. The molecule has 0 aromatic carbocycles. The second kappa shape index (κ2) is 5.60. The van der Waals surface area contributed by atoms with Gasteiger partial charge in [-0.3, -0.25) is 4.79 Å². The largest absolute Gasteiger partial charge is 0.508 e. The molecular weight excluding hydrogens is 316 g/mol. The van der Waals surface area contributed by atoms with E-state index in [4.69, 9.17) is 4.74 Å². The van der Waals surface area contributed by atoms with Gasteiger partial charge in [-0.25, -0.2) is 0 Å². The standard InChI is InChI=1S/C21H30O4/c1-12(22)25-17-11-13-10-14(23)6-8-20(13,2)16-7-9-21(3)15(19(16)17)4-5-18(21)24/h6,8,10,13,15-19,23-24H,4-5,7,9,11H2,1-3H3/t13?,15-,16-,17-,18-,19-,20-,21-/m0/s1. The Bertz CT molecular complexity index is 638. The van der Waals surface area contributed by atoms with Crippen LogP contribution in [-0.4, -0.2) is 28.4 Å². The molecule has 25 heavy (non-hydrogen) atoms. The van der Waals surface area contributed by atoms with Crippen LogP contribution in [0.25, 0.3) is 0 Å². The highest BCUT2D eigenvalue weighted by molar-refractivity contribution is 5.66. The first kappa shape index (κ1) is 17.1. The fraction of sp³-hybridized carbons (Fsp3) is 0.762. The van der Waals surface area contributed by atoms with Gasteiger partial charge in [0.25, 0.3) is 0 Å². The molecule has 0 radical (unpaired) electrons. The topological polar surface area (TPSA) is 66.8 Å². The van der Waals surface area contributed by atoms with Crippen LogP contribution in [0.1, 0.15) is 52.9 Å². The predicted molar refractivity (Wildman–Crippen MR) is 94.7 cm³/mol. The number of aliphatic hydroxyl groups is 2. The highest BCUT2D eigenvalue weighted by atomic mass is 16.5. The Labute approximate surface area is 149 Å². The zero-order chi connectivity index (χ0) is 18.0. The number of hydrogen-bond donors (Lipinski definition) is 2. The molecule has 0 aromatic rings. The lowest BCUT2D eigenvalue weighted by Crippen LogP contribution is -2.57. The molecule has 0 aliphatic heterocycles. The monoisotopic (exact) mass is 346 g/mol. The van der Waals surface area contributed by atoms with E-state index in [-0.39, 0.29) is 34.9 Å². The number of esters is 1. The molecule has 0 amide bonds. The molecule has 1 unspecified atom stereocenters. The molecule has 0 heterocycles. The number of ether oxygens (including phenoxy) is 1. The number of fused-ring (bicyclic) bond motifs is 5. The third-order valence-corrected chi connectivity index (χ3v) is 8.10. The fourth-order valence-electron chi connectivity index (χ4n) is 6.71. The van der Waals surface area contributed by atoms with E-state index < -0.39 is 0 Å². The lowest BCUT2D eigenvalue weighted by atomic mass is 9.46. The van der Waals surface area contributed by atoms with Gasteiger partial charge in [-0.15, -0.1) is 0 Å². The summed E-state index contributed by atoms with van der Waals surface area (Å²) in [5, 5.41) is 20.6. The number of rotatable bonds is 1. The van der Waals surface area contributed by atoms with Gasteiger partial charge < -0.3 is 14.9 Å². The number of allylic oxidation sites excluding steroid dienone is 3. The quantitative estimate of drug-likeness (QED) is 0.710. The van der Waals surface area contributed by atoms with E-state index in [1.807, 2.05) is 12.2 Å². The maximum atomic E-state index is 11.8. The highest BCUT2D eigenvalue weighted by Gasteiger charge is 2.62. The van der Waals surface area contributed by atoms with E-state index in [1.165, 1.54) is 6.92 Å². The van der Waals surface area contributed by atoms with Crippen molar-refractivity contribution < 1.29 is 19.7 Å². The van der Waals surface area contributed by atoms with Crippen molar-refractivity contribution in [3.63, 3.8) is 0 Å². The van der Waals surface area contributed by atoms with Gasteiger partial charge in [0.15, 0.2) is 0 Å². The van der Waals surface area contributed by atoms with Crippen LogP contribution in [0.4, 0.5) is 0 Å². The molecule has 0 spiro atoms. The maximum absolute atomic E-state index is 11.8. The van der Waals surface area contributed by atoms with E-state index in [0.717, 1.165) is 32.1 Å². The van der Waals surface area contributed by atoms with Gasteiger partial charge in [0.05, 0.1) is 6.10 Å². The minimum atomic E-state index is -0.243. The summed E-state index contributed by atoms with van der Waals surface area (Å²) in [6.45, 7) is 6.02. The van der Waals surface area contributed by atoms with Crippen LogP contribution in [0.5, 0.6) is 0 Å². The second-order valence-electron chi connectivity index (χ2n) is 9.21. The van der Waals surface area contributed by atoms with Crippen LogP contribution in [0, 0.1) is 34.5 Å². The van der Waals surface area contributed by atoms with Crippen molar-refractivity contribution in [2.24, 2.45) is 34.5 Å². The molecular formula is C21H30O4. The van der Waals surface area contributed by atoms with Crippen molar-refractivity contribution >= 4 is 5.97 Å². The fourth-order valence-corrected chi connectivity index (χ4v) is 6.71. The second-order valence-corrected chi connectivity index (χ2v) is 9.21. The normalized spacial score (nSPS) is 51.1. The molecule has 3 fully saturated rings. The molecule has 8 atom stereocenters. The van der Waals surface area contributed by atoms with Crippen LogP contribution in [-0.2, 0) is 9.53 Å². The molecule has 4 heteroatoms. The molecule has 0 saturated heterocycles. The van der Waals surface area contributed by atoms with E-state index in [2.05, 4.69) is 19.9 Å². The Kier molecular flexibility index (Phi) is 3.84. The van der Waals surface area contributed by atoms with E-state index in [9.17, 15) is 15.0 Å². The lowest BCUT2D eigenvalue weighted by molar-refractivity contribution is -0.175. The Balaban J connectivity index is 1.75. The number of carbonyl (C=O) groups is 1. The molecule has 0 aromatic heterocycles. The summed E-state index contributed by atoms with van der Waals surface area (Å²) in [7, 11) is 0. The van der Waals surface area contributed by atoms with E-state index in [0.29, 0.717) is 23.5 Å². The molecule has 4 nitrogen and oxygen atoms in total. The Morgan fingerprint density at radius 1 is 1.24 bits per heavy atom. The van der Waals surface area contributed by atoms with Crippen LogP contribution < -0.4 is 0 Å².